The van der Waals surface area contributed by atoms with E-state index in [1.165, 1.54) is 12.4 Å². The molecular formula is C54H41B2Br3ClN15O8+2. The van der Waals surface area contributed by atoms with Crippen LogP contribution in [0, 0.1) is 12.4 Å². The Morgan fingerprint density at radius 2 is 1.17 bits per heavy atom. The fourth-order valence-corrected chi connectivity index (χ4v) is 8.69. The lowest BCUT2D eigenvalue weighted by Crippen LogP contribution is -2.29. The number of nitrogens with zero attached hydrogens (tertiary/aromatic N) is 15. The standard InChI is InChI=1S/C18H12N4O2.C11H6BrN4.C7H7BO4.C6H2BrClN3.C6H4BrN3.C5H6BNO2.CH4/c1-2-16-17(24-11-23-16)7-13(1)15-8-21-18-9-20-14(10-22(15)18)12-3-5-19-6-4-12;12-10-5-15-11-6-14-9(7-16(10)11)8-1-3-13-4-2-8;9-8(10)5-1-2-6-7(3-5)12-4-11-6;7-4-3-11-5(8)1-10-6(11)2-9-4;7-5-4-10-2-1-8-6(10)3-9-5;8-6(9)5-1-3-7-4-2-5;/h1-10H,11H2;1-4,6-7H;1-3,9-10H,4H2;2-3H;1-4H;1-4,8-9H;1H4/q;+1;;+1;;;. The summed E-state index contributed by atoms with van der Waals surface area (Å²) in [5.41, 5.74) is 8.29. The smallest absolute Gasteiger partial charge is 0.454 e. The normalized spacial score (nSPS) is 13.8. The summed E-state index contributed by atoms with van der Waals surface area (Å²) in [6.07, 6.45) is 35.3. The fourth-order valence-electron chi connectivity index (χ4n) is 7.51. The second kappa shape index (κ2) is 27.7. The number of hydrogen-bond donors (Lipinski definition) is 4. The van der Waals surface area contributed by atoms with Crippen LogP contribution in [0.25, 0.3) is 39.5 Å². The van der Waals surface area contributed by atoms with Crippen LogP contribution in [0.15, 0.2) is 205 Å². The molecule has 83 heavy (non-hydrogen) atoms. The lowest BCUT2D eigenvalue weighted by Gasteiger charge is -2.11. The molecule has 0 unspecified atom stereocenters. The third-order valence-corrected chi connectivity index (χ3v) is 13.2. The zero-order chi connectivity index (χ0) is 57.0. The number of imidazole rings is 2. The van der Waals surface area contributed by atoms with Gasteiger partial charge >= 0.3 is 31.1 Å². The second-order valence-electron chi connectivity index (χ2n) is 16.7. The number of fused-ring (bicyclic) bond motifs is 6. The van der Waals surface area contributed by atoms with Gasteiger partial charge in [0.1, 0.15) is 9.21 Å². The summed E-state index contributed by atoms with van der Waals surface area (Å²) < 4.78 is 27.2. The van der Waals surface area contributed by atoms with Crippen molar-refractivity contribution in [1.29, 1.82) is 0 Å². The number of amidine groups is 2. The number of aromatic nitrogens is 9. The molecule has 15 rings (SSSR count). The molecule has 29 heteroatoms. The molecule has 6 aliphatic rings. The zero-order valence-corrected chi connectivity index (χ0v) is 47.5. The quantitative estimate of drug-likeness (QED) is 0.0755. The molecule has 0 saturated heterocycles. The molecular weight excluding hydrogens is 1280 g/mol. The highest BCUT2D eigenvalue weighted by Gasteiger charge is 2.32. The maximum absolute atomic E-state index is 8.81. The predicted octanol–water partition coefficient (Wildman–Crippen LogP) is 7.17. The van der Waals surface area contributed by atoms with Gasteiger partial charge in [-0.2, -0.15) is 9.80 Å². The van der Waals surface area contributed by atoms with Crippen LogP contribution in [0.2, 0.25) is 0 Å². The third-order valence-electron chi connectivity index (χ3n) is 11.5. The topological polar surface area (TPSA) is 273 Å². The van der Waals surface area contributed by atoms with E-state index in [9.17, 15) is 0 Å². The van der Waals surface area contributed by atoms with Crippen molar-refractivity contribution in [2.45, 2.75) is 7.43 Å². The van der Waals surface area contributed by atoms with Gasteiger partial charge in [-0.3, -0.25) is 24.3 Å². The Bertz CT molecular complexity index is 4010. The average Bonchev–Trinajstić information content (AvgIpc) is 4.51. The van der Waals surface area contributed by atoms with Gasteiger partial charge in [-0.15, -0.1) is 0 Å². The Morgan fingerprint density at radius 3 is 1.87 bits per heavy atom. The van der Waals surface area contributed by atoms with E-state index in [0.29, 0.717) is 33.4 Å². The van der Waals surface area contributed by atoms with E-state index in [2.05, 4.69) is 115 Å². The van der Waals surface area contributed by atoms with Gasteiger partial charge in [0.05, 0.1) is 48.1 Å². The molecule has 412 valence electrons. The molecule has 0 amide bonds. The number of pyridine rings is 3. The molecule has 6 aliphatic heterocycles. The van der Waals surface area contributed by atoms with Crippen molar-refractivity contribution in [1.82, 2.24) is 53.5 Å². The molecule has 0 atom stereocenters. The number of halogens is 4. The maximum atomic E-state index is 8.81. The SMILES string of the molecule is BrC1=[C+]N=C2C=NC(c3ccncc3)=CN12.Brc1cn2ccnc2cn1.C.ClC1=[C+]N=C2C=NC(Br)=CN12.OB(O)c1ccc2c(c1)OCO2.OB(O)c1ccncc1.c1cc(-c2cn3c(-c4ccc5c(c4)OCO5)cnc3cn2)ccn1. The minimum Gasteiger partial charge on any atom is -0.454 e. The van der Waals surface area contributed by atoms with E-state index in [1.807, 2.05) is 87.2 Å². The van der Waals surface area contributed by atoms with Crippen LogP contribution in [0.3, 0.4) is 0 Å². The molecule has 4 N–H and O–H groups in total. The minimum atomic E-state index is -1.46. The first-order valence-corrected chi connectivity index (χ1v) is 26.7. The fraction of sp³-hybridized carbons (Fsp3) is 0.0556. The van der Waals surface area contributed by atoms with E-state index in [-0.39, 0.29) is 21.0 Å². The number of aliphatic imine (C=N–C) groups is 4. The van der Waals surface area contributed by atoms with E-state index >= 15 is 0 Å². The molecule has 0 fully saturated rings. The van der Waals surface area contributed by atoms with Gasteiger partial charge in [-0.05, 0) is 121 Å². The maximum Gasteiger partial charge on any atom is 0.488 e. The van der Waals surface area contributed by atoms with Crippen LogP contribution >= 0.6 is 59.4 Å². The summed E-state index contributed by atoms with van der Waals surface area (Å²) in [6, 6.07) is 21.5. The monoisotopic (exact) mass is 1320 g/mol. The second-order valence-corrected chi connectivity index (χ2v) is 19.4. The van der Waals surface area contributed by atoms with Crippen LogP contribution in [0.4, 0.5) is 0 Å². The Kier molecular flexibility index (Phi) is 19.6. The van der Waals surface area contributed by atoms with Crippen molar-refractivity contribution < 1.29 is 39.0 Å². The molecule has 0 saturated carbocycles. The lowest BCUT2D eigenvalue weighted by atomic mass is 9.80. The molecule has 23 nitrogen and oxygen atoms in total. The zero-order valence-electron chi connectivity index (χ0n) is 42.0. The first-order chi connectivity index (χ1) is 39.9. The third kappa shape index (κ3) is 14.8. The van der Waals surface area contributed by atoms with Gasteiger partial charge in [-0.25, -0.2) is 24.9 Å². The molecule has 0 radical (unpaired) electrons. The summed E-state index contributed by atoms with van der Waals surface area (Å²) in [6.45, 7) is 0.461. The highest BCUT2D eigenvalue weighted by atomic mass is 79.9. The number of hydrogen-bond acceptors (Lipinski definition) is 21. The van der Waals surface area contributed by atoms with Gasteiger partial charge in [0.25, 0.3) is 17.0 Å². The van der Waals surface area contributed by atoms with Crippen molar-refractivity contribution in [2.75, 3.05) is 13.6 Å². The van der Waals surface area contributed by atoms with Crippen LogP contribution in [0.5, 0.6) is 23.0 Å². The van der Waals surface area contributed by atoms with Crippen molar-refractivity contribution in [3.05, 3.63) is 203 Å². The molecule has 0 bridgehead atoms. The summed E-state index contributed by atoms with van der Waals surface area (Å²) in [4.78, 5) is 48.6. The Morgan fingerprint density at radius 1 is 0.554 bits per heavy atom. The average molecular weight is 1320 g/mol. The Labute approximate surface area is 504 Å². The first kappa shape index (κ1) is 58.7. The molecule has 7 aromatic heterocycles. The number of ether oxygens (including phenoxy) is 4. The van der Waals surface area contributed by atoms with Gasteiger partial charge in [0.2, 0.25) is 13.6 Å². The van der Waals surface area contributed by atoms with Crippen LogP contribution < -0.4 is 29.9 Å². The van der Waals surface area contributed by atoms with E-state index in [1.54, 1.807) is 97.2 Å². The first-order valence-electron chi connectivity index (χ1n) is 23.9. The number of rotatable bonds is 5. The number of benzene rings is 2. The molecule has 13 heterocycles. The van der Waals surface area contributed by atoms with Crippen LogP contribution in [-0.2, 0) is 0 Å². The van der Waals surface area contributed by atoms with Gasteiger partial charge in [-0.1, -0.05) is 13.5 Å². The molecule has 9 aromatic rings. The summed E-state index contributed by atoms with van der Waals surface area (Å²) >= 11 is 15.6. The predicted molar refractivity (Wildman–Crippen MR) is 325 cm³/mol. The Hall–Kier alpha value is -8.91. The van der Waals surface area contributed by atoms with Crippen molar-refractivity contribution in [3.63, 3.8) is 0 Å². The highest BCUT2D eigenvalue weighted by Crippen LogP contribution is 2.36. The van der Waals surface area contributed by atoms with Crippen LogP contribution in [0.1, 0.15) is 13.0 Å². The van der Waals surface area contributed by atoms with Gasteiger partial charge < -0.3 is 43.4 Å². The molecule has 0 spiro atoms. The van der Waals surface area contributed by atoms with Gasteiger partial charge in [0, 0.05) is 105 Å². The summed E-state index contributed by atoms with van der Waals surface area (Å²) in [5.74, 6) is 4.18. The Balaban J connectivity index is 0.000000124. The van der Waals surface area contributed by atoms with Crippen molar-refractivity contribution in [3.8, 4) is 45.5 Å². The van der Waals surface area contributed by atoms with Crippen molar-refractivity contribution in [2.24, 2.45) is 20.0 Å². The summed E-state index contributed by atoms with van der Waals surface area (Å²) in [7, 11) is -2.84. The minimum absolute atomic E-state index is 0. The lowest BCUT2D eigenvalue weighted by molar-refractivity contribution is 0.173. The molecule has 0 aliphatic carbocycles. The van der Waals surface area contributed by atoms with E-state index in [4.69, 9.17) is 50.6 Å². The van der Waals surface area contributed by atoms with E-state index < -0.39 is 14.2 Å². The van der Waals surface area contributed by atoms with Crippen LogP contribution in [-0.4, -0.2) is 126 Å². The highest BCUT2D eigenvalue weighted by molar-refractivity contribution is 9.12. The van der Waals surface area contributed by atoms with E-state index in [0.717, 1.165) is 76.2 Å². The van der Waals surface area contributed by atoms with Crippen molar-refractivity contribution >= 4 is 126 Å². The largest absolute Gasteiger partial charge is 0.488 e. The molecule has 2 aromatic carbocycles. The van der Waals surface area contributed by atoms with Gasteiger partial charge in [0.15, 0.2) is 46.7 Å². The summed E-state index contributed by atoms with van der Waals surface area (Å²) in [5, 5.41) is 35.2.